The molecule has 5 nitrogen and oxygen atoms in total. The molecule has 0 saturated heterocycles. The maximum Gasteiger partial charge on any atom is 0.311 e. The molecule has 1 aromatic heterocycles. The van der Waals surface area contributed by atoms with Crippen LogP contribution in [0.2, 0.25) is 5.15 Å². The highest BCUT2D eigenvalue weighted by Crippen LogP contribution is 2.39. The van der Waals surface area contributed by atoms with E-state index in [2.05, 4.69) is 18.8 Å². The van der Waals surface area contributed by atoms with Gasteiger partial charge in [0.1, 0.15) is 5.15 Å². The third-order valence-corrected chi connectivity index (χ3v) is 4.42. The fourth-order valence-corrected chi connectivity index (χ4v) is 2.91. The zero-order valence-corrected chi connectivity index (χ0v) is 12.9. The maximum atomic E-state index is 11.1. The van der Waals surface area contributed by atoms with Crippen LogP contribution in [-0.2, 0) is 0 Å². The number of hydrogen-bond acceptors (Lipinski definition) is 4. The lowest BCUT2D eigenvalue weighted by atomic mass is 9.75. The quantitative estimate of drug-likeness (QED) is 0.480. The number of anilines is 1. The molecule has 0 spiro atoms. The molecule has 1 fully saturated rings. The molecule has 0 amide bonds. The van der Waals surface area contributed by atoms with Crippen molar-refractivity contribution in [1.82, 2.24) is 4.98 Å². The second kappa shape index (κ2) is 5.56. The zero-order chi connectivity index (χ0) is 14.9. The van der Waals surface area contributed by atoms with Crippen LogP contribution < -0.4 is 4.90 Å². The molecule has 0 unspecified atom stereocenters. The van der Waals surface area contributed by atoms with Crippen LogP contribution in [0.25, 0.3) is 0 Å². The first-order chi connectivity index (χ1) is 9.30. The number of nitro groups is 1. The Morgan fingerprint density at radius 3 is 2.55 bits per heavy atom. The van der Waals surface area contributed by atoms with Gasteiger partial charge in [-0.15, -0.1) is 0 Å². The topological polar surface area (TPSA) is 59.3 Å². The lowest BCUT2D eigenvalue weighted by molar-refractivity contribution is -0.384. The van der Waals surface area contributed by atoms with E-state index in [1.807, 2.05) is 11.9 Å². The van der Waals surface area contributed by atoms with E-state index in [0.717, 1.165) is 25.7 Å². The second-order valence-corrected chi connectivity index (χ2v) is 6.63. The van der Waals surface area contributed by atoms with E-state index in [4.69, 9.17) is 11.6 Å². The lowest BCUT2D eigenvalue weighted by Crippen LogP contribution is -2.38. The molecule has 0 radical (unpaired) electrons. The molecular weight excluding hydrogens is 278 g/mol. The monoisotopic (exact) mass is 297 g/mol. The molecule has 0 atom stereocenters. The van der Waals surface area contributed by atoms with Gasteiger partial charge in [-0.2, -0.15) is 0 Å². The standard InChI is InChI=1S/C14H20ClN3O2/c1-14(2)8-6-10(7-9-14)17(3)13-11(18(19)20)4-5-12(15)16-13/h4-5,10H,6-9H2,1-3H3. The molecular formula is C14H20ClN3O2. The second-order valence-electron chi connectivity index (χ2n) is 6.24. The van der Waals surface area contributed by atoms with Gasteiger partial charge < -0.3 is 4.90 Å². The van der Waals surface area contributed by atoms with Gasteiger partial charge in [0.2, 0.25) is 5.82 Å². The Hall–Kier alpha value is -1.36. The van der Waals surface area contributed by atoms with Crippen molar-refractivity contribution in [3.05, 3.63) is 27.4 Å². The first-order valence-electron chi connectivity index (χ1n) is 6.84. The third-order valence-electron chi connectivity index (χ3n) is 4.21. The molecule has 1 heterocycles. The Morgan fingerprint density at radius 2 is 2.00 bits per heavy atom. The van der Waals surface area contributed by atoms with Crippen molar-refractivity contribution in [2.24, 2.45) is 5.41 Å². The average molecular weight is 298 g/mol. The van der Waals surface area contributed by atoms with Gasteiger partial charge in [-0.3, -0.25) is 10.1 Å². The summed E-state index contributed by atoms with van der Waals surface area (Å²) >= 11 is 5.89. The average Bonchev–Trinajstić information content (AvgIpc) is 2.37. The van der Waals surface area contributed by atoms with Crippen molar-refractivity contribution in [2.75, 3.05) is 11.9 Å². The Bertz CT molecular complexity index is 509. The Kier molecular flexibility index (Phi) is 4.18. The summed E-state index contributed by atoms with van der Waals surface area (Å²) in [6.07, 6.45) is 4.29. The van der Waals surface area contributed by atoms with Crippen LogP contribution in [0, 0.1) is 15.5 Å². The van der Waals surface area contributed by atoms with Crippen LogP contribution in [0.5, 0.6) is 0 Å². The molecule has 20 heavy (non-hydrogen) atoms. The summed E-state index contributed by atoms with van der Waals surface area (Å²) in [6.45, 7) is 4.53. The Labute approximate surface area is 124 Å². The molecule has 0 N–H and O–H groups in total. The molecule has 1 saturated carbocycles. The number of hydrogen-bond donors (Lipinski definition) is 0. The van der Waals surface area contributed by atoms with Crippen molar-refractivity contribution in [3.8, 4) is 0 Å². The highest BCUT2D eigenvalue weighted by atomic mass is 35.5. The van der Waals surface area contributed by atoms with Gasteiger partial charge in [0.05, 0.1) is 4.92 Å². The van der Waals surface area contributed by atoms with Crippen molar-refractivity contribution < 1.29 is 4.92 Å². The third kappa shape index (κ3) is 3.20. The molecule has 0 aliphatic heterocycles. The van der Waals surface area contributed by atoms with E-state index in [1.54, 1.807) is 0 Å². The van der Waals surface area contributed by atoms with E-state index in [0.29, 0.717) is 11.2 Å². The summed E-state index contributed by atoms with van der Waals surface area (Å²) in [5, 5.41) is 11.4. The summed E-state index contributed by atoms with van der Waals surface area (Å²) in [5.74, 6) is 0.368. The van der Waals surface area contributed by atoms with Gasteiger partial charge in [-0.05, 0) is 37.2 Å². The zero-order valence-electron chi connectivity index (χ0n) is 12.1. The molecule has 110 valence electrons. The minimum Gasteiger partial charge on any atom is -0.351 e. The van der Waals surface area contributed by atoms with E-state index < -0.39 is 4.92 Å². The van der Waals surface area contributed by atoms with E-state index in [-0.39, 0.29) is 16.9 Å². The summed E-state index contributed by atoms with van der Waals surface area (Å²) in [6, 6.07) is 3.17. The number of nitrogens with zero attached hydrogens (tertiary/aromatic N) is 3. The van der Waals surface area contributed by atoms with Crippen LogP contribution in [0.3, 0.4) is 0 Å². The highest BCUT2D eigenvalue weighted by Gasteiger charge is 2.31. The van der Waals surface area contributed by atoms with E-state index in [9.17, 15) is 10.1 Å². The number of rotatable bonds is 3. The van der Waals surface area contributed by atoms with Crippen molar-refractivity contribution in [1.29, 1.82) is 0 Å². The molecule has 1 aliphatic rings. The first-order valence-corrected chi connectivity index (χ1v) is 7.22. The Balaban J connectivity index is 2.23. The smallest absolute Gasteiger partial charge is 0.311 e. The van der Waals surface area contributed by atoms with Gasteiger partial charge in [-0.25, -0.2) is 4.98 Å². The molecule has 0 bridgehead atoms. The summed E-state index contributed by atoms with van der Waals surface area (Å²) in [4.78, 5) is 16.8. The van der Waals surface area contributed by atoms with Gasteiger partial charge in [0.15, 0.2) is 0 Å². The predicted octanol–water partition coefficient (Wildman–Crippen LogP) is 4.05. The van der Waals surface area contributed by atoms with Crippen LogP contribution in [0.1, 0.15) is 39.5 Å². The molecule has 0 aromatic carbocycles. The molecule has 6 heteroatoms. The maximum absolute atomic E-state index is 11.1. The fourth-order valence-electron chi connectivity index (χ4n) is 2.76. The minimum atomic E-state index is -0.401. The minimum absolute atomic E-state index is 0.0155. The normalized spacial score (nSPS) is 18.8. The molecule has 1 aliphatic carbocycles. The van der Waals surface area contributed by atoms with Crippen molar-refractivity contribution >= 4 is 23.1 Å². The summed E-state index contributed by atoms with van der Waals surface area (Å²) in [5.41, 5.74) is 0.382. The summed E-state index contributed by atoms with van der Waals surface area (Å²) in [7, 11) is 1.87. The van der Waals surface area contributed by atoms with Crippen LogP contribution >= 0.6 is 11.6 Å². The predicted molar refractivity (Wildman–Crippen MR) is 80.3 cm³/mol. The van der Waals surface area contributed by atoms with Crippen LogP contribution in [0.15, 0.2) is 12.1 Å². The van der Waals surface area contributed by atoms with Crippen LogP contribution in [-0.4, -0.2) is 23.0 Å². The SMILES string of the molecule is CN(c1nc(Cl)ccc1[N+](=O)[O-])C1CCC(C)(C)CC1. The van der Waals surface area contributed by atoms with Gasteiger partial charge in [0.25, 0.3) is 0 Å². The summed E-state index contributed by atoms with van der Waals surface area (Å²) < 4.78 is 0. The van der Waals surface area contributed by atoms with Crippen LogP contribution in [0.4, 0.5) is 11.5 Å². The Morgan fingerprint density at radius 1 is 1.40 bits per heavy atom. The van der Waals surface area contributed by atoms with Gasteiger partial charge in [-0.1, -0.05) is 25.4 Å². The van der Waals surface area contributed by atoms with Crippen molar-refractivity contribution in [3.63, 3.8) is 0 Å². The highest BCUT2D eigenvalue weighted by molar-refractivity contribution is 6.29. The fraction of sp³-hybridized carbons (Fsp3) is 0.643. The first kappa shape index (κ1) is 15.0. The largest absolute Gasteiger partial charge is 0.351 e. The van der Waals surface area contributed by atoms with Gasteiger partial charge >= 0.3 is 5.69 Å². The van der Waals surface area contributed by atoms with Crippen molar-refractivity contribution in [2.45, 2.75) is 45.6 Å². The molecule has 2 rings (SSSR count). The number of pyridine rings is 1. The van der Waals surface area contributed by atoms with Gasteiger partial charge in [0, 0.05) is 19.2 Å². The van der Waals surface area contributed by atoms with E-state index >= 15 is 0 Å². The van der Waals surface area contributed by atoms with E-state index in [1.165, 1.54) is 12.1 Å². The number of aromatic nitrogens is 1. The number of halogens is 1. The lowest BCUT2D eigenvalue weighted by Gasteiger charge is -2.38. The molecule has 1 aromatic rings.